The van der Waals surface area contributed by atoms with Gasteiger partial charge in [-0.15, -0.1) is 5.10 Å². The van der Waals surface area contributed by atoms with Crippen molar-refractivity contribution in [2.75, 3.05) is 4.90 Å². The van der Waals surface area contributed by atoms with Gasteiger partial charge in [-0.05, 0) is 24.6 Å². The molecule has 2 aromatic rings. The molecule has 0 radical (unpaired) electrons. The smallest absolute Gasteiger partial charge is 0.247 e. The van der Waals surface area contributed by atoms with Gasteiger partial charge >= 0.3 is 0 Å². The van der Waals surface area contributed by atoms with E-state index in [2.05, 4.69) is 10.2 Å². The van der Waals surface area contributed by atoms with E-state index in [1.54, 1.807) is 24.3 Å². The number of aryl methyl sites for hydroxylation is 1. The minimum Gasteiger partial charge on any atom is -0.377 e. The summed E-state index contributed by atoms with van der Waals surface area (Å²) < 4.78 is 0. The Hall–Kier alpha value is -2.64. The van der Waals surface area contributed by atoms with Crippen molar-refractivity contribution in [1.29, 1.82) is 0 Å². The fourth-order valence-corrected chi connectivity index (χ4v) is 3.66. The van der Waals surface area contributed by atoms with Gasteiger partial charge in [0, 0.05) is 17.0 Å². The number of carbonyl (C=O) groups excluding carboxylic acids is 2. The molecule has 6 nitrogen and oxygen atoms in total. The van der Waals surface area contributed by atoms with Crippen LogP contribution in [0.1, 0.15) is 17.5 Å². The molecule has 1 aliphatic rings. The number of hydrogen-bond acceptors (Lipinski definition) is 5. The van der Waals surface area contributed by atoms with E-state index in [-0.39, 0.29) is 23.4 Å². The molecule has 1 heterocycles. The quantitative estimate of drug-likeness (QED) is 0.369. The molecular weight excluding hydrogens is 384 g/mol. The van der Waals surface area contributed by atoms with Gasteiger partial charge in [-0.3, -0.25) is 9.59 Å². The second-order valence-corrected chi connectivity index (χ2v) is 7.50. The molecule has 27 heavy (non-hydrogen) atoms. The first-order valence-electron chi connectivity index (χ1n) is 8.17. The molecule has 3 rings (SSSR count). The van der Waals surface area contributed by atoms with Gasteiger partial charge in [0.15, 0.2) is 5.17 Å². The van der Waals surface area contributed by atoms with E-state index in [4.69, 9.17) is 17.3 Å². The van der Waals surface area contributed by atoms with Gasteiger partial charge in [-0.2, -0.15) is 5.10 Å². The molecule has 1 atom stereocenters. The van der Waals surface area contributed by atoms with Crippen molar-refractivity contribution in [3.8, 4) is 0 Å². The summed E-state index contributed by atoms with van der Waals surface area (Å²) in [5.41, 5.74) is 8.03. The highest BCUT2D eigenvalue weighted by molar-refractivity contribution is 8.14. The number of thioether (sulfide) groups is 1. The molecule has 0 aromatic heterocycles. The molecule has 2 aromatic carbocycles. The normalized spacial score (nSPS) is 17.9. The molecule has 1 fully saturated rings. The van der Waals surface area contributed by atoms with Crippen molar-refractivity contribution in [1.82, 2.24) is 0 Å². The van der Waals surface area contributed by atoms with Crippen LogP contribution in [0, 0.1) is 6.92 Å². The van der Waals surface area contributed by atoms with Gasteiger partial charge in [-0.25, -0.2) is 4.90 Å². The predicted molar refractivity (Wildman–Crippen MR) is 110 cm³/mol. The number of benzene rings is 2. The molecule has 1 unspecified atom stereocenters. The maximum absolute atomic E-state index is 12.7. The van der Waals surface area contributed by atoms with Crippen LogP contribution in [0.25, 0.3) is 0 Å². The van der Waals surface area contributed by atoms with Crippen LogP contribution in [-0.2, 0) is 9.59 Å². The number of para-hydroxylation sites is 1. The maximum Gasteiger partial charge on any atom is 0.247 e. The Bertz CT molecular complexity index is 945. The lowest BCUT2D eigenvalue weighted by Gasteiger charge is -2.16. The summed E-state index contributed by atoms with van der Waals surface area (Å²) in [5.74, 6) is -0.549. The van der Waals surface area contributed by atoms with Gasteiger partial charge < -0.3 is 5.73 Å². The topological polar surface area (TPSA) is 88.1 Å². The highest BCUT2D eigenvalue weighted by atomic mass is 35.5. The summed E-state index contributed by atoms with van der Waals surface area (Å²) in [6.07, 6.45) is 1.55. The van der Waals surface area contributed by atoms with Gasteiger partial charge in [-0.1, -0.05) is 59.8 Å². The largest absolute Gasteiger partial charge is 0.377 e. The number of hydrogen-bond donors (Lipinski definition) is 1. The molecule has 2 amide bonds. The van der Waals surface area contributed by atoms with Crippen molar-refractivity contribution in [2.45, 2.75) is 18.6 Å². The van der Waals surface area contributed by atoms with E-state index in [1.807, 2.05) is 31.2 Å². The van der Waals surface area contributed by atoms with Crippen molar-refractivity contribution in [3.63, 3.8) is 0 Å². The van der Waals surface area contributed by atoms with Crippen LogP contribution >= 0.6 is 23.4 Å². The SMILES string of the molecule is Cc1ccccc1N1C(=O)CC(SC(N)=NN=Cc2ccccc2Cl)C1=O. The fourth-order valence-electron chi connectivity index (χ4n) is 2.66. The minimum absolute atomic E-state index is 0.0717. The molecule has 0 bridgehead atoms. The first-order valence-corrected chi connectivity index (χ1v) is 9.43. The lowest BCUT2D eigenvalue weighted by Crippen LogP contribution is -2.32. The zero-order chi connectivity index (χ0) is 19.4. The number of anilines is 1. The maximum atomic E-state index is 12.7. The highest BCUT2D eigenvalue weighted by Crippen LogP contribution is 2.31. The van der Waals surface area contributed by atoms with Crippen LogP contribution in [-0.4, -0.2) is 28.4 Å². The zero-order valence-corrected chi connectivity index (χ0v) is 16.1. The summed E-state index contributed by atoms with van der Waals surface area (Å²) in [6.45, 7) is 1.86. The van der Waals surface area contributed by atoms with E-state index in [9.17, 15) is 9.59 Å². The Morgan fingerprint density at radius 1 is 1.22 bits per heavy atom. The van der Waals surface area contributed by atoms with Crippen LogP contribution in [0.4, 0.5) is 5.69 Å². The molecule has 0 aliphatic carbocycles. The lowest BCUT2D eigenvalue weighted by molar-refractivity contribution is -0.121. The number of nitrogens with zero attached hydrogens (tertiary/aromatic N) is 3. The standard InChI is InChI=1S/C19H17ClN4O2S/c1-12-6-2-5-9-15(12)24-17(25)10-16(18(24)26)27-19(21)23-22-11-13-7-3-4-8-14(13)20/h2-9,11,16H,10H2,1H3,(H2,21,23). The van der Waals surface area contributed by atoms with Gasteiger partial charge in [0.1, 0.15) is 5.25 Å². The Balaban J connectivity index is 1.69. The number of nitrogens with two attached hydrogens (primary N) is 1. The Labute approximate surface area is 166 Å². The van der Waals surface area contributed by atoms with E-state index >= 15 is 0 Å². The summed E-state index contributed by atoms with van der Waals surface area (Å²) in [4.78, 5) is 26.2. The molecule has 138 valence electrons. The summed E-state index contributed by atoms with van der Waals surface area (Å²) in [6, 6.07) is 14.4. The molecule has 2 N–H and O–H groups in total. The number of carbonyl (C=O) groups is 2. The average Bonchev–Trinajstić information content (AvgIpc) is 2.91. The van der Waals surface area contributed by atoms with Crippen LogP contribution in [0.15, 0.2) is 58.7 Å². The van der Waals surface area contributed by atoms with Crippen LogP contribution in [0.5, 0.6) is 0 Å². The summed E-state index contributed by atoms with van der Waals surface area (Å²) in [7, 11) is 0. The van der Waals surface area contributed by atoms with Crippen molar-refractivity contribution >= 4 is 52.2 Å². The molecule has 1 aliphatic heterocycles. The van der Waals surface area contributed by atoms with Gasteiger partial charge in [0.2, 0.25) is 11.8 Å². The number of rotatable bonds is 4. The Morgan fingerprint density at radius 3 is 2.67 bits per heavy atom. The van der Waals surface area contributed by atoms with E-state index in [1.165, 1.54) is 11.1 Å². The molecule has 8 heteroatoms. The molecule has 0 saturated carbocycles. The second kappa shape index (κ2) is 8.37. The minimum atomic E-state index is -0.614. The van der Waals surface area contributed by atoms with Crippen LogP contribution < -0.4 is 10.6 Å². The van der Waals surface area contributed by atoms with E-state index in [0.717, 1.165) is 17.3 Å². The highest BCUT2D eigenvalue weighted by Gasteiger charge is 2.41. The Morgan fingerprint density at radius 2 is 1.93 bits per heavy atom. The third-order valence-electron chi connectivity index (χ3n) is 3.98. The molecular formula is C19H17ClN4O2S. The monoisotopic (exact) mass is 400 g/mol. The first kappa shape index (κ1) is 19.1. The zero-order valence-electron chi connectivity index (χ0n) is 14.5. The third kappa shape index (κ3) is 4.37. The molecule has 0 spiro atoms. The third-order valence-corrected chi connectivity index (χ3v) is 5.30. The van der Waals surface area contributed by atoms with Crippen LogP contribution in [0.3, 0.4) is 0 Å². The Kier molecular flexibility index (Phi) is 5.93. The van der Waals surface area contributed by atoms with E-state index < -0.39 is 5.25 Å². The second-order valence-electron chi connectivity index (χ2n) is 5.87. The fraction of sp³-hybridized carbons (Fsp3) is 0.158. The average molecular weight is 401 g/mol. The molecule has 1 saturated heterocycles. The van der Waals surface area contributed by atoms with Gasteiger partial charge in [0.05, 0.1) is 11.9 Å². The number of amides is 2. The summed E-state index contributed by atoms with van der Waals surface area (Å²) >= 11 is 7.07. The van der Waals surface area contributed by atoms with Crippen molar-refractivity contribution in [2.24, 2.45) is 15.9 Å². The first-order chi connectivity index (χ1) is 13.0. The van der Waals surface area contributed by atoms with Gasteiger partial charge in [0.25, 0.3) is 0 Å². The van der Waals surface area contributed by atoms with Crippen molar-refractivity contribution < 1.29 is 9.59 Å². The number of amidine groups is 1. The summed E-state index contributed by atoms with van der Waals surface area (Å²) in [5, 5.41) is 7.83. The van der Waals surface area contributed by atoms with E-state index in [0.29, 0.717) is 16.3 Å². The van der Waals surface area contributed by atoms with Crippen molar-refractivity contribution in [3.05, 3.63) is 64.7 Å². The van der Waals surface area contributed by atoms with Crippen LogP contribution in [0.2, 0.25) is 5.02 Å². The number of imide groups is 1. The number of halogens is 1. The predicted octanol–water partition coefficient (Wildman–Crippen LogP) is 3.36. The lowest BCUT2D eigenvalue weighted by atomic mass is 10.2.